The molecular formula is C25H25FN6O. The van der Waals surface area contributed by atoms with Crippen molar-refractivity contribution < 1.29 is 9.18 Å². The van der Waals surface area contributed by atoms with Crippen LogP contribution in [0.25, 0.3) is 16.7 Å². The van der Waals surface area contributed by atoms with Crippen molar-refractivity contribution in [3.8, 4) is 5.69 Å². The number of piperazine rings is 1. The van der Waals surface area contributed by atoms with Crippen LogP contribution in [0, 0.1) is 5.82 Å². The summed E-state index contributed by atoms with van der Waals surface area (Å²) in [5, 5.41) is 5.50. The summed E-state index contributed by atoms with van der Waals surface area (Å²) in [7, 11) is 0. The van der Waals surface area contributed by atoms with E-state index in [0.29, 0.717) is 31.7 Å². The number of halogens is 1. The topological polar surface area (TPSA) is 67.2 Å². The molecule has 8 heteroatoms. The van der Waals surface area contributed by atoms with Crippen LogP contribution >= 0.6 is 0 Å². The van der Waals surface area contributed by atoms with Gasteiger partial charge in [-0.2, -0.15) is 5.10 Å². The number of rotatable bonds is 5. The first-order valence-corrected chi connectivity index (χ1v) is 11.2. The van der Waals surface area contributed by atoms with Gasteiger partial charge in [0.15, 0.2) is 5.65 Å². The third-order valence-corrected chi connectivity index (χ3v) is 5.89. The lowest BCUT2D eigenvalue weighted by Gasteiger charge is -2.35. The molecule has 0 spiro atoms. The molecule has 33 heavy (non-hydrogen) atoms. The first kappa shape index (κ1) is 21.1. The molecule has 0 unspecified atom stereocenters. The van der Waals surface area contributed by atoms with E-state index >= 15 is 0 Å². The number of amides is 1. The van der Waals surface area contributed by atoms with Gasteiger partial charge in [0.05, 0.1) is 17.3 Å². The number of para-hydroxylation sites is 1. The van der Waals surface area contributed by atoms with Gasteiger partial charge in [-0.15, -0.1) is 0 Å². The molecule has 0 bridgehead atoms. The van der Waals surface area contributed by atoms with Crippen LogP contribution in [0.15, 0.2) is 60.8 Å². The number of aromatic nitrogens is 4. The molecule has 1 aliphatic heterocycles. The number of carbonyl (C=O) groups is 1. The van der Waals surface area contributed by atoms with Crippen molar-refractivity contribution in [1.82, 2.24) is 24.6 Å². The van der Waals surface area contributed by atoms with Crippen molar-refractivity contribution in [2.75, 3.05) is 31.1 Å². The van der Waals surface area contributed by atoms with E-state index in [9.17, 15) is 9.18 Å². The zero-order chi connectivity index (χ0) is 22.8. The fourth-order valence-corrected chi connectivity index (χ4v) is 4.17. The Morgan fingerprint density at radius 1 is 0.970 bits per heavy atom. The predicted molar refractivity (Wildman–Crippen MR) is 125 cm³/mol. The van der Waals surface area contributed by atoms with Crippen LogP contribution in [-0.2, 0) is 6.42 Å². The Balaban J connectivity index is 1.42. The molecule has 0 atom stereocenters. The van der Waals surface area contributed by atoms with Crippen LogP contribution in [0.1, 0.15) is 29.5 Å². The average molecular weight is 445 g/mol. The van der Waals surface area contributed by atoms with Gasteiger partial charge in [0.1, 0.15) is 17.5 Å². The van der Waals surface area contributed by atoms with Crippen LogP contribution in [0.4, 0.5) is 10.2 Å². The molecule has 0 aliphatic carbocycles. The molecule has 1 saturated heterocycles. The molecule has 3 heterocycles. The predicted octanol–water partition coefficient (Wildman–Crippen LogP) is 3.87. The maximum Gasteiger partial charge on any atom is 0.253 e. The van der Waals surface area contributed by atoms with E-state index < -0.39 is 0 Å². The molecule has 2 aromatic heterocycles. The highest BCUT2D eigenvalue weighted by Crippen LogP contribution is 2.27. The Kier molecular flexibility index (Phi) is 5.73. The lowest BCUT2D eigenvalue weighted by atomic mass is 10.1. The molecule has 168 valence electrons. The number of carbonyl (C=O) groups excluding carboxylic acids is 1. The smallest absolute Gasteiger partial charge is 0.253 e. The average Bonchev–Trinajstić information content (AvgIpc) is 3.28. The minimum absolute atomic E-state index is 0.0777. The van der Waals surface area contributed by atoms with Crippen molar-refractivity contribution in [2.24, 2.45) is 0 Å². The van der Waals surface area contributed by atoms with Gasteiger partial charge in [0.2, 0.25) is 0 Å². The monoisotopic (exact) mass is 444 g/mol. The van der Waals surface area contributed by atoms with Crippen LogP contribution < -0.4 is 4.90 Å². The summed E-state index contributed by atoms with van der Waals surface area (Å²) in [6.45, 7) is 4.55. The van der Waals surface area contributed by atoms with Crippen LogP contribution in [-0.4, -0.2) is 56.7 Å². The zero-order valence-corrected chi connectivity index (χ0v) is 18.5. The number of hydrogen-bond acceptors (Lipinski definition) is 5. The summed E-state index contributed by atoms with van der Waals surface area (Å²) in [5.41, 5.74) is 2.25. The number of anilines is 1. The van der Waals surface area contributed by atoms with Crippen molar-refractivity contribution in [3.05, 3.63) is 78.0 Å². The lowest BCUT2D eigenvalue weighted by Crippen LogP contribution is -2.49. The number of nitrogens with zero attached hydrogens (tertiary/aromatic N) is 6. The van der Waals surface area contributed by atoms with Gasteiger partial charge in [0, 0.05) is 38.2 Å². The zero-order valence-electron chi connectivity index (χ0n) is 18.5. The highest BCUT2D eigenvalue weighted by molar-refractivity contribution is 5.94. The van der Waals surface area contributed by atoms with E-state index in [-0.39, 0.29) is 11.7 Å². The van der Waals surface area contributed by atoms with E-state index in [1.165, 1.54) is 24.3 Å². The van der Waals surface area contributed by atoms with Crippen LogP contribution in [0.2, 0.25) is 0 Å². The molecule has 0 radical (unpaired) electrons. The van der Waals surface area contributed by atoms with Crippen molar-refractivity contribution in [3.63, 3.8) is 0 Å². The second-order valence-electron chi connectivity index (χ2n) is 8.13. The van der Waals surface area contributed by atoms with Crippen molar-refractivity contribution in [2.45, 2.75) is 19.8 Å². The maximum atomic E-state index is 13.2. The van der Waals surface area contributed by atoms with Gasteiger partial charge < -0.3 is 9.80 Å². The molecule has 1 aliphatic rings. The summed E-state index contributed by atoms with van der Waals surface area (Å²) in [5.74, 6) is 1.23. The Morgan fingerprint density at radius 3 is 2.39 bits per heavy atom. The Hall–Kier alpha value is -3.81. The Labute approximate surface area is 191 Å². The standard InChI is InChI=1S/C25H25FN6O/c1-2-6-22-28-23(21-17-27-32(24(21)29-22)20-7-4-3-5-8-20)30-13-15-31(16-14-30)25(33)18-9-11-19(26)12-10-18/h3-5,7-12,17H,2,6,13-16H2,1H3. The molecule has 2 aromatic carbocycles. The van der Waals surface area contributed by atoms with Gasteiger partial charge in [-0.25, -0.2) is 19.0 Å². The van der Waals surface area contributed by atoms with E-state index in [0.717, 1.165) is 41.2 Å². The Morgan fingerprint density at radius 2 is 1.70 bits per heavy atom. The largest absolute Gasteiger partial charge is 0.352 e. The van der Waals surface area contributed by atoms with E-state index in [4.69, 9.17) is 9.97 Å². The molecule has 1 amide bonds. The highest BCUT2D eigenvalue weighted by atomic mass is 19.1. The lowest BCUT2D eigenvalue weighted by molar-refractivity contribution is 0.0746. The molecule has 4 aromatic rings. The third kappa shape index (κ3) is 4.16. The molecule has 7 nitrogen and oxygen atoms in total. The molecule has 0 N–H and O–H groups in total. The molecular weight excluding hydrogens is 419 g/mol. The van der Waals surface area contributed by atoms with Crippen molar-refractivity contribution in [1.29, 1.82) is 0 Å². The summed E-state index contributed by atoms with van der Waals surface area (Å²) in [6, 6.07) is 15.7. The summed E-state index contributed by atoms with van der Waals surface area (Å²) in [4.78, 5) is 26.5. The fourth-order valence-electron chi connectivity index (χ4n) is 4.17. The maximum absolute atomic E-state index is 13.2. The second kappa shape index (κ2) is 8.97. The molecule has 0 saturated carbocycles. The van der Waals surface area contributed by atoms with Crippen LogP contribution in [0.3, 0.4) is 0 Å². The van der Waals surface area contributed by atoms with Gasteiger partial charge >= 0.3 is 0 Å². The van der Waals surface area contributed by atoms with E-state index in [1.54, 1.807) is 0 Å². The first-order chi connectivity index (χ1) is 16.1. The van der Waals surface area contributed by atoms with Gasteiger partial charge in [0.25, 0.3) is 5.91 Å². The van der Waals surface area contributed by atoms with E-state index in [2.05, 4.69) is 16.9 Å². The Bertz CT molecular complexity index is 1260. The number of benzene rings is 2. The normalized spacial score (nSPS) is 14.1. The minimum atomic E-state index is -0.344. The summed E-state index contributed by atoms with van der Waals surface area (Å²) < 4.78 is 15.1. The SMILES string of the molecule is CCCc1nc(N2CCN(C(=O)c3ccc(F)cc3)CC2)c2cnn(-c3ccccc3)c2n1. The first-order valence-electron chi connectivity index (χ1n) is 11.2. The molecule has 1 fully saturated rings. The quantitative estimate of drug-likeness (QED) is 0.468. The molecule has 5 rings (SSSR count). The number of aryl methyl sites for hydroxylation is 1. The second-order valence-corrected chi connectivity index (χ2v) is 8.13. The van der Waals surface area contributed by atoms with Crippen molar-refractivity contribution >= 4 is 22.8 Å². The fraction of sp³-hybridized carbons (Fsp3) is 0.280. The number of fused-ring (bicyclic) bond motifs is 1. The summed E-state index contributed by atoms with van der Waals surface area (Å²) in [6.07, 6.45) is 3.56. The van der Waals surface area contributed by atoms with E-state index in [1.807, 2.05) is 46.1 Å². The van der Waals surface area contributed by atoms with Crippen LogP contribution in [0.5, 0.6) is 0 Å². The third-order valence-electron chi connectivity index (χ3n) is 5.89. The summed E-state index contributed by atoms with van der Waals surface area (Å²) >= 11 is 0. The van der Waals surface area contributed by atoms with Gasteiger partial charge in [-0.3, -0.25) is 4.79 Å². The minimum Gasteiger partial charge on any atom is -0.352 e. The number of hydrogen-bond donors (Lipinski definition) is 0. The van der Waals surface area contributed by atoms with Gasteiger partial charge in [-0.05, 0) is 42.8 Å². The van der Waals surface area contributed by atoms with Gasteiger partial charge in [-0.1, -0.05) is 25.1 Å². The highest BCUT2D eigenvalue weighted by Gasteiger charge is 2.25.